The molecule has 0 saturated heterocycles. The second kappa shape index (κ2) is 4.70. The molecule has 0 saturated carbocycles. The maximum Gasteiger partial charge on any atom is 0.282 e. The molecule has 3 rings (SSSR count). The summed E-state index contributed by atoms with van der Waals surface area (Å²) in [6.45, 7) is 4.30. The Morgan fingerprint density at radius 2 is 1.81 bits per heavy atom. The molecular weight excluding hydrogens is 268 g/mol. The monoisotopic (exact) mass is 282 g/mol. The Hall–Kier alpha value is -2.69. The number of nitro groups is 1. The summed E-state index contributed by atoms with van der Waals surface area (Å²) in [5.41, 5.74) is 3.69. The third-order valence-electron chi connectivity index (χ3n) is 3.63. The van der Waals surface area contributed by atoms with E-state index in [9.17, 15) is 14.9 Å². The molecule has 1 amide bonds. The molecule has 21 heavy (non-hydrogen) atoms. The van der Waals surface area contributed by atoms with E-state index < -0.39 is 4.92 Å². The lowest BCUT2D eigenvalue weighted by atomic mass is 10.1. The highest BCUT2D eigenvalue weighted by Gasteiger charge is 2.35. The van der Waals surface area contributed by atoms with Gasteiger partial charge in [0, 0.05) is 11.8 Å². The normalized spacial score (nSPS) is 13.4. The standard InChI is InChI=1S/C16H14N2O3/c1-10-6-11(2)8-13(7-10)17-9-12-4-3-5-14(18(20)21)15(12)16(17)19/h3-8H,9H2,1-2H3. The smallest absolute Gasteiger partial charge is 0.282 e. The van der Waals surface area contributed by atoms with Crippen molar-refractivity contribution in [3.8, 4) is 0 Å². The fourth-order valence-electron chi connectivity index (χ4n) is 2.81. The summed E-state index contributed by atoms with van der Waals surface area (Å²) in [5.74, 6) is -0.303. The van der Waals surface area contributed by atoms with Crippen molar-refractivity contribution in [2.75, 3.05) is 4.90 Å². The molecule has 0 aromatic heterocycles. The summed E-state index contributed by atoms with van der Waals surface area (Å²) < 4.78 is 0. The van der Waals surface area contributed by atoms with Crippen LogP contribution in [0.3, 0.4) is 0 Å². The first-order chi connectivity index (χ1) is 9.97. The number of amides is 1. The minimum Gasteiger partial charge on any atom is -0.304 e. The molecule has 1 aliphatic rings. The fraction of sp³-hybridized carbons (Fsp3) is 0.188. The second-order valence-electron chi connectivity index (χ2n) is 5.31. The minimum atomic E-state index is -0.498. The molecule has 2 aromatic rings. The highest BCUT2D eigenvalue weighted by Crippen LogP contribution is 2.34. The molecule has 0 radical (unpaired) electrons. The molecule has 106 valence electrons. The van der Waals surface area contributed by atoms with Gasteiger partial charge in [0.05, 0.1) is 11.5 Å². The van der Waals surface area contributed by atoms with Gasteiger partial charge in [0.2, 0.25) is 0 Å². The van der Waals surface area contributed by atoms with Crippen molar-refractivity contribution >= 4 is 17.3 Å². The summed E-state index contributed by atoms with van der Waals surface area (Å²) in [6, 6.07) is 10.6. The van der Waals surface area contributed by atoms with Crippen LogP contribution >= 0.6 is 0 Å². The molecule has 0 unspecified atom stereocenters. The second-order valence-corrected chi connectivity index (χ2v) is 5.31. The Balaban J connectivity index is 2.08. The van der Waals surface area contributed by atoms with E-state index in [0.29, 0.717) is 12.1 Å². The maximum atomic E-state index is 12.6. The molecule has 1 heterocycles. The number of rotatable bonds is 2. The lowest BCUT2D eigenvalue weighted by Gasteiger charge is -2.17. The topological polar surface area (TPSA) is 63.4 Å². The van der Waals surface area contributed by atoms with Crippen LogP contribution in [0.4, 0.5) is 11.4 Å². The molecule has 5 heteroatoms. The highest BCUT2D eigenvalue weighted by molar-refractivity contribution is 6.12. The summed E-state index contributed by atoms with van der Waals surface area (Å²) in [6.07, 6.45) is 0. The van der Waals surface area contributed by atoms with Crippen molar-refractivity contribution in [2.45, 2.75) is 20.4 Å². The third-order valence-corrected chi connectivity index (χ3v) is 3.63. The number of anilines is 1. The largest absolute Gasteiger partial charge is 0.304 e. The van der Waals surface area contributed by atoms with Crippen molar-refractivity contribution < 1.29 is 9.72 Å². The van der Waals surface area contributed by atoms with Crippen LogP contribution in [0.25, 0.3) is 0 Å². The first-order valence-electron chi connectivity index (χ1n) is 6.64. The zero-order chi connectivity index (χ0) is 15.1. The van der Waals surface area contributed by atoms with Crippen LogP contribution in [0.5, 0.6) is 0 Å². The summed E-state index contributed by atoms with van der Waals surface area (Å²) in [7, 11) is 0. The number of hydrogen-bond donors (Lipinski definition) is 0. The zero-order valence-corrected chi connectivity index (χ0v) is 11.8. The van der Waals surface area contributed by atoms with E-state index in [1.54, 1.807) is 17.0 Å². The van der Waals surface area contributed by atoms with Crippen molar-refractivity contribution in [3.63, 3.8) is 0 Å². The number of carbonyl (C=O) groups excluding carboxylic acids is 1. The lowest BCUT2D eigenvalue weighted by molar-refractivity contribution is -0.385. The van der Waals surface area contributed by atoms with Gasteiger partial charge in [0.1, 0.15) is 5.56 Å². The van der Waals surface area contributed by atoms with E-state index in [2.05, 4.69) is 0 Å². The van der Waals surface area contributed by atoms with Crippen LogP contribution in [-0.4, -0.2) is 10.8 Å². The quantitative estimate of drug-likeness (QED) is 0.626. The Labute approximate surface area is 122 Å². The van der Waals surface area contributed by atoms with E-state index in [-0.39, 0.29) is 17.2 Å². The highest BCUT2D eigenvalue weighted by atomic mass is 16.6. The van der Waals surface area contributed by atoms with Crippen molar-refractivity contribution in [1.82, 2.24) is 0 Å². The molecule has 0 fully saturated rings. The summed E-state index contributed by atoms with van der Waals surface area (Å²) >= 11 is 0. The summed E-state index contributed by atoms with van der Waals surface area (Å²) in [4.78, 5) is 24.8. The van der Waals surface area contributed by atoms with Gasteiger partial charge in [-0.15, -0.1) is 0 Å². The van der Waals surface area contributed by atoms with E-state index in [0.717, 1.165) is 16.8 Å². The number of benzene rings is 2. The predicted octanol–water partition coefficient (Wildman–Crippen LogP) is 3.37. The number of hydrogen-bond acceptors (Lipinski definition) is 3. The van der Waals surface area contributed by atoms with E-state index in [1.165, 1.54) is 6.07 Å². The fourth-order valence-corrected chi connectivity index (χ4v) is 2.81. The van der Waals surface area contributed by atoms with Gasteiger partial charge in [-0.1, -0.05) is 18.2 Å². The van der Waals surface area contributed by atoms with Gasteiger partial charge in [0.15, 0.2) is 0 Å². The molecule has 1 aliphatic heterocycles. The zero-order valence-electron chi connectivity index (χ0n) is 11.8. The van der Waals surface area contributed by atoms with Gasteiger partial charge in [-0.2, -0.15) is 0 Å². The van der Waals surface area contributed by atoms with E-state index in [4.69, 9.17) is 0 Å². The molecule has 0 atom stereocenters. The minimum absolute atomic E-state index is 0.121. The SMILES string of the molecule is Cc1cc(C)cc(N2Cc3cccc([N+](=O)[O-])c3C2=O)c1. The van der Waals surface area contributed by atoms with Gasteiger partial charge in [0.25, 0.3) is 11.6 Å². The predicted molar refractivity (Wildman–Crippen MR) is 79.5 cm³/mol. The molecular formula is C16H14N2O3. The van der Waals surface area contributed by atoms with Crippen molar-refractivity contribution in [2.24, 2.45) is 0 Å². The number of nitro benzene ring substituents is 1. The van der Waals surface area contributed by atoms with Gasteiger partial charge in [-0.05, 0) is 42.7 Å². The Bertz CT molecular complexity index is 748. The van der Waals surface area contributed by atoms with Crippen molar-refractivity contribution in [1.29, 1.82) is 0 Å². The van der Waals surface area contributed by atoms with Gasteiger partial charge in [-0.3, -0.25) is 14.9 Å². The van der Waals surface area contributed by atoms with Crippen LogP contribution in [-0.2, 0) is 6.54 Å². The van der Waals surface area contributed by atoms with Crippen LogP contribution in [0.15, 0.2) is 36.4 Å². The van der Waals surface area contributed by atoms with Crippen LogP contribution < -0.4 is 4.90 Å². The number of carbonyl (C=O) groups is 1. The molecule has 2 aromatic carbocycles. The average Bonchev–Trinajstić information content (AvgIpc) is 2.75. The molecule has 0 N–H and O–H groups in total. The lowest BCUT2D eigenvalue weighted by Crippen LogP contribution is -2.23. The van der Waals surface area contributed by atoms with Crippen LogP contribution in [0, 0.1) is 24.0 Å². The number of fused-ring (bicyclic) bond motifs is 1. The average molecular weight is 282 g/mol. The van der Waals surface area contributed by atoms with Gasteiger partial charge >= 0.3 is 0 Å². The van der Waals surface area contributed by atoms with Gasteiger partial charge < -0.3 is 4.90 Å². The first-order valence-corrected chi connectivity index (χ1v) is 6.64. The third kappa shape index (κ3) is 2.16. The Kier molecular flexibility index (Phi) is 2.97. The van der Waals surface area contributed by atoms with E-state index in [1.807, 2.05) is 32.0 Å². The number of aryl methyl sites for hydroxylation is 2. The molecule has 0 bridgehead atoms. The molecule has 5 nitrogen and oxygen atoms in total. The summed E-state index contributed by atoms with van der Waals surface area (Å²) in [5, 5.41) is 11.1. The van der Waals surface area contributed by atoms with E-state index >= 15 is 0 Å². The van der Waals surface area contributed by atoms with Crippen LogP contribution in [0.2, 0.25) is 0 Å². The Morgan fingerprint density at radius 1 is 1.14 bits per heavy atom. The number of nitrogens with zero attached hydrogens (tertiary/aromatic N) is 2. The molecule has 0 aliphatic carbocycles. The maximum absolute atomic E-state index is 12.6. The first kappa shape index (κ1) is 13.3. The van der Waals surface area contributed by atoms with Crippen LogP contribution in [0.1, 0.15) is 27.0 Å². The molecule has 0 spiro atoms. The van der Waals surface area contributed by atoms with Crippen molar-refractivity contribution in [3.05, 3.63) is 68.8 Å². The Morgan fingerprint density at radius 3 is 2.43 bits per heavy atom. The van der Waals surface area contributed by atoms with Gasteiger partial charge in [-0.25, -0.2) is 0 Å².